The van der Waals surface area contributed by atoms with E-state index in [1.54, 1.807) is 4.90 Å². The quantitative estimate of drug-likeness (QED) is 0.840. The fraction of sp³-hybridized carbons (Fsp3) is 0.556. The van der Waals surface area contributed by atoms with E-state index in [0.717, 1.165) is 55.5 Å². The zero-order valence-electron chi connectivity index (χ0n) is 13.5. The van der Waals surface area contributed by atoms with E-state index >= 15 is 0 Å². The number of carbonyl (C=O) groups is 2. The van der Waals surface area contributed by atoms with E-state index in [-0.39, 0.29) is 24.3 Å². The van der Waals surface area contributed by atoms with Gasteiger partial charge in [-0.1, -0.05) is 25.3 Å². The first-order valence-corrected chi connectivity index (χ1v) is 8.62. The van der Waals surface area contributed by atoms with Gasteiger partial charge in [0.15, 0.2) is 0 Å². The summed E-state index contributed by atoms with van der Waals surface area (Å²) in [6, 6.07) is 5.68. The van der Waals surface area contributed by atoms with Gasteiger partial charge in [0.1, 0.15) is 0 Å². The predicted octanol–water partition coefficient (Wildman–Crippen LogP) is 2.24. The number of nitrogen functional groups attached to an aromatic ring is 1. The van der Waals surface area contributed by atoms with Crippen LogP contribution < -0.4 is 16.0 Å². The van der Waals surface area contributed by atoms with Gasteiger partial charge in [-0.05, 0) is 43.4 Å². The molecule has 0 radical (unpaired) electrons. The maximum absolute atomic E-state index is 12.5. The number of hydrogen-bond acceptors (Lipinski definition) is 3. The number of anilines is 2. The van der Waals surface area contributed by atoms with Crippen LogP contribution in [0.25, 0.3) is 0 Å². The third-order valence-electron chi connectivity index (χ3n) is 4.98. The van der Waals surface area contributed by atoms with Crippen LogP contribution in [-0.2, 0) is 16.0 Å². The van der Waals surface area contributed by atoms with Crippen LogP contribution in [0, 0.1) is 5.92 Å². The summed E-state index contributed by atoms with van der Waals surface area (Å²) in [6.07, 6.45) is 7.15. The largest absolute Gasteiger partial charge is 0.398 e. The molecule has 5 nitrogen and oxygen atoms in total. The van der Waals surface area contributed by atoms with E-state index in [0.29, 0.717) is 6.54 Å². The van der Waals surface area contributed by atoms with Crippen LogP contribution in [0.15, 0.2) is 18.2 Å². The molecule has 0 saturated heterocycles. The van der Waals surface area contributed by atoms with Crippen LogP contribution in [0.4, 0.5) is 11.4 Å². The summed E-state index contributed by atoms with van der Waals surface area (Å²) in [7, 11) is 0. The number of nitrogens with one attached hydrogen (secondary N) is 1. The van der Waals surface area contributed by atoms with Crippen molar-refractivity contribution in [2.75, 3.05) is 23.7 Å². The molecule has 3 N–H and O–H groups in total. The summed E-state index contributed by atoms with van der Waals surface area (Å²) < 4.78 is 0. The van der Waals surface area contributed by atoms with Crippen LogP contribution in [0.5, 0.6) is 0 Å². The Kier molecular flexibility index (Phi) is 4.84. The molecule has 1 fully saturated rings. The molecule has 0 aromatic heterocycles. The van der Waals surface area contributed by atoms with E-state index in [1.165, 1.54) is 6.42 Å². The van der Waals surface area contributed by atoms with E-state index in [1.807, 2.05) is 18.2 Å². The summed E-state index contributed by atoms with van der Waals surface area (Å²) in [5, 5.41) is 2.83. The van der Waals surface area contributed by atoms with E-state index in [9.17, 15) is 9.59 Å². The highest BCUT2D eigenvalue weighted by atomic mass is 16.2. The van der Waals surface area contributed by atoms with Crippen molar-refractivity contribution in [3.8, 4) is 0 Å². The molecule has 1 aliphatic heterocycles. The van der Waals surface area contributed by atoms with E-state index in [4.69, 9.17) is 5.73 Å². The molecule has 3 rings (SSSR count). The molecule has 1 heterocycles. The number of hydrogen-bond donors (Lipinski definition) is 2. The van der Waals surface area contributed by atoms with Crippen molar-refractivity contribution in [2.45, 2.75) is 44.9 Å². The molecule has 0 bridgehead atoms. The average molecular weight is 315 g/mol. The molecule has 0 atom stereocenters. The van der Waals surface area contributed by atoms with E-state index < -0.39 is 0 Å². The second-order valence-corrected chi connectivity index (χ2v) is 6.55. The van der Waals surface area contributed by atoms with Crippen LogP contribution in [-0.4, -0.2) is 24.9 Å². The van der Waals surface area contributed by atoms with Gasteiger partial charge in [0.05, 0.1) is 6.54 Å². The Morgan fingerprint density at radius 1 is 1.17 bits per heavy atom. The average Bonchev–Trinajstić information content (AvgIpc) is 2.60. The topological polar surface area (TPSA) is 75.4 Å². The van der Waals surface area contributed by atoms with Gasteiger partial charge in [-0.2, -0.15) is 0 Å². The van der Waals surface area contributed by atoms with Crippen molar-refractivity contribution in [3.05, 3.63) is 23.8 Å². The maximum atomic E-state index is 12.5. The van der Waals surface area contributed by atoms with Gasteiger partial charge in [-0.3, -0.25) is 9.59 Å². The number of amides is 2. The highest BCUT2D eigenvalue weighted by Crippen LogP contribution is 2.31. The predicted molar refractivity (Wildman–Crippen MR) is 91.1 cm³/mol. The van der Waals surface area contributed by atoms with Gasteiger partial charge < -0.3 is 16.0 Å². The number of fused-ring (bicyclic) bond motifs is 1. The summed E-state index contributed by atoms with van der Waals surface area (Å²) >= 11 is 0. The first kappa shape index (κ1) is 15.8. The van der Waals surface area contributed by atoms with Crippen molar-refractivity contribution in [3.63, 3.8) is 0 Å². The van der Waals surface area contributed by atoms with Crippen LogP contribution in [0.3, 0.4) is 0 Å². The summed E-state index contributed by atoms with van der Waals surface area (Å²) in [5.41, 5.74) is 8.70. The van der Waals surface area contributed by atoms with Crippen molar-refractivity contribution >= 4 is 23.2 Å². The lowest BCUT2D eigenvalue weighted by atomic mass is 9.89. The van der Waals surface area contributed by atoms with Crippen LogP contribution >= 0.6 is 0 Å². The molecule has 1 saturated carbocycles. The molecule has 0 unspecified atom stereocenters. The van der Waals surface area contributed by atoms with Gasteiger partial charge in [-0.25, -0.2) is 0 Å². The van der Waals surface area contributed by atoms with Gasteiger partial charge in [0.25, 0.3) is 0 Å². The summed E-state index contributed by atoms with van der Waals surface area (Å²) in [5.74, 6) is 0.0596. The number of nitrogens with two attached hydrogens (primary N) is 1. The molecule has 2 aliphatic rings. The van der Waals surface area contributed by atoms with Crippen LogP contribution in [0.1, 0.15) is 44.1 Å². The van der Waals surface area contributed by atoms with Crippen molar-refractivity contribution in [1.29, 1.82) is 0 Å². The first-order chi connectivity index (χ1) is 11.2. The summed E-state index contributed by atoms with van der Waals surface area (Å²) in [6.45, 7) is 0.762. The fourth-order valence-electron chi connectivity index (χ4n) is 3.68. The summed E-state index contributed by atoms with van der Waals surface area (Å²) in [4.78, 5) is 26.5. The molecule has 1 aliphatic carbocycles. The number of rotatable bonds is 3. The second kappa shape index (κ2) is 7.02. The minimum absolute atomic E-state index is 0.0304. The lowest BCUT2D eigenvalue weighted by Gasteiger charge is -2.30. The third kappa shape index (κ3) is 3.49. The van der Waals surface area contributed by atoms with Crippen LogP contribution in [0.2, 0.25) is 0 Å². The standard InChI is InChI=1S/C18H25N3O2/c19-15-9-4-10-16-14(15)8-5-11-21(16)17(22)12-20-18(23)13-6-2-1-3-7-13/h4,9-10,13H,1-3,5-8,11-12,19H2,(H,20,23). The van der Waals surface area contributed by atoms with Crippen molar-refractivity contribution < 1.29 is 9.59 Å². The first-order valence-electron chi connectivity index (χ1n) is 8.62. The molecule has 124 valence electrons. The number of carbonyl (C=O) groups excluding carboxylic acids is 2. The Morgan fingerprint density at radius 3 is 2.74 bits per heavy atom. The minimum Gasteiger partial charge on any atom is -0.398 e. The molecule has 0 spiro atoms. The molecule has 23 heavy (non-hydrogen) atoms. The molecular formula is C18H25N3O2. The lowest BCUT2D eigenvalue weighted by Crippen LogP contribution is -2.44. The highest BCUT2D eigenvalue weighted by molar-refractivity contribution is 5.98. The smallest absolute Gasteiger partial charge is 0.246 e. The van der Waals surface area contributed by atoms with E-state index in [2.05, 4.69) is 5.32 Å². The molecular weight excluding hydrogens is 290 g/mol. The normalized spacial score (nSPS) is 18.3. The Labute approximate surface area is 137 Å². The fourth-order valence-corrected chi connectivity index (χ4v) is 3.68. The third-order valence-corrected chi connectivity index (χ3v) is 4.98. The zero-order valence-corrected chi connectivity index (χ0v) is 13.5. The van der Waals surface area contributed by atoms with Gasteiger partial charge >= 0.3 is 0 Å². The van der Waals surface area contributed by atoms with Crippen molar-refractivity contribution in [1.82, 2.24) is 5.32 Å². The molecule has 1 aromatic rings. The van der Waals surface area contributed by atoms with Gasteiger partial charge in [0, 0.05) is 23.8 Å². The van der Waals surface area contributed by atoms with Gasteiger partial charge in [-0.15, -0.1) is 0 Å². The Hall–Kier alpha value is -2.04. The Morgan fingerprint density at radius 2 is 1.96 bits per heavy atom. The monoisotopic (exact) mass is 315 g/mol. The van der Waals surface area contributed by atoms with Gasteiger partial charge in [0.2, 0.25) is 11.8 Å². The zero-order chi connectivity index (χ0) is 16.2. The lowest BCUT2D eigenvalue weighted by molar-refractivity contribution is -0.128. The maximum Gasteiger partial charge on any atom is 0.246 e. The SMILES string of the molecule is Nc1cccc2c1CCCN2C(=O)CNC(=O)C1CCCCC1. The van der Waals surface area contributed by atoms with Crippen molar-refractivity contribution in [2.24, 2.45) is 5.92 Å². The molecule has 5 heteroatoms. The Balaban J connectivity index is 1.61. The Bertz CT molecular complexity index is 594. The minimum atomic E-state index is -0.0549. The molecule has 1 aromatic carbocycles. The number of nitrogens with zero attached hydrogens (tertiary/aromatic N) is 1. The number of benzene rings is 1. The second-order valence-electron chi connectivity index (χ2n) is 6.55. The highest BCUT2D eigenvalue weighted by Gasteiger charge is 2.25. The molecule has 2 amide bonds.